The van der Waals surface area contributed by atoms with Crippen LogP contribution in [-0.2, 0) is 5.54 Å². The SMILES string of the molecule is C=CCC(N)(CC=C)c1ccccc1C.[Cl-]. The molecule has 1 nitrogen and oxygen atoms in total. The zero-order valence-electron chi connectivity index (χ0n) is 9.75. The molecule has 0 aliphatic rings. The van der Waals surface area contributed by atoms with Crippen molar-refractivity contribution in [2.24, 2.45) is 5.73 Å². The summed E-state index contributed by atoms with van der Waals surface area (Å²) >= 11 is 0. The molecule has 0 saturated heterocycles. The van der Waals surface area contributed by atoms with Crippen LogP contribution in [0.3, 0.4) is 0 Å². The van der Waals surface area contributed by atoms with E-state index in [0.717, 1.165) is 12.8 Å². The summed E-state index contributed by atoms with van der Waals surface area (Å²) in [6.07, 6.45) is 5.28. The molecule has 0 spiro atoms. The molecule has 88 valence electrons. The van der Waals surface area contributed by atoms with Crippen LogP contribution in [0.5, 0.6) is 0 Å². The molecule has 1 aromatic rings. The van der Waals surface area contributed by atoms with Crippen molar-refractivity contribution in [3.8, 4) is 0 Å². The highest BCUT2D eigenvalue weighted by molar-refractivity contribution is 5.33. The second-order valence-electron chi connectivity index (χ2n) is 3.96. The first-order valence-electron chi connectivity index (χ1n) is 5.21. The molecule has 0 radical (unpaired) electrons. The molecule has 1 rings (SSSR count). The maximum absolute atomic E-state index is 6.40. The van der Waals surface area contributed by atoms with Gasteiger partial charge in [0.25, 0.3) is 0 Å². The highest BCUT2D eigenvalue weighted by Crippen LogP contribution is 2.29. The van der Waals surface area contributed by atoms with Crippen molar-refractivity contribution >= 4 is 0 Å². The van der Waals surface area contributed by atoms with Crippen molar-refractivity contribution in [3.63, 3.8) is 0 Å². The molecule has 0 amide bonds. The van der Waals surface area contributed by atoms with Gasteiger partial charge in [-0.15, -0.1) is 13.2 Å². The van der Waals surface area contributed by atoms with E-state index in [2.05, 4.69) is 32.2 Å². The first-order valence-corrected chi connectivity index (χ1v) is 5.21. The summed E-state index contributed by atoms with van der Waals surface area (Å²) in [6, 6.07) is 8.22. The molecule has 1 aromatic carbocycles. The fourth-order valence-electron chi connectivity index (χ4n) is 1.95. The molecular weight excluding hydrogens is 218 g/mol. The molecule has 0 unspecified atom stereocenters. The molecular formula is C14H19ClN-. The second kappa shape index (κ2) is 6.51. The van der Waals surface area contributed by atoms with E-state index >= 15 is 0 Å². The highest BCUT2D eigenvalue weighted by Gasteiger charge is 2.25. The number of hydrogen-bond donors (Lipinski definition) is 1. The van der Waals surface area contributed by atoms with Gasteiger partial charge >= 0.3 is 0 Å². The second-order valence-corrected chi connectivity index (χ2v) is 3.96. The van der Waals surface area contributed by atoms with Crippen LogP contribution in [0, 0.1) is 6.92 Å². The Hall–Kier alpha value is -1.05. The molecule has 0 aliphatic carbocycles. The number of halogens is 1. The fraction of sp³-hybridized carbons (Fsp3) is 0.286. The lowest BCUT2D eigenvalue weighted by Gasteiger charge is -2.29. The van der Waals surface area contributed by atoms with E-state index in [4.69, 9.17) is 5.73 Å². The minimum Gasteiger partial charge on any atom is -1.00 e. The third-order valence-corrected chi connectivity index (χ3v) is 2.70. The van der Waals surface area contributed by atoms with Crippen molar-refractivity contribution in [3.05, 3.63) is 60.7 Å². The molecule has 0 fully saturated rings. The van der Waals surface area contributed by atoms with E-state index in [1.54, 1.807) is 0 Å². The van der Waals surface area contributed by atoms with Gasteiger partial charge in [0, 0.05) is 5.54 Å². The first-order chi connectivity index (χ1) is 7.14. The molecule has 0 heterocycles. The van der Waals surface area contributed by atoms with Crippen molar-refractivity contribution in [2.75, 3.05) is 0 Å². The number of nitrogens with two attached hydrogens (primary N) is 1. The Kier molecular flexibility index (Phi) is 6.09. The van der Waals surface area contributed by atoms with Gasteiger partial charge in [0.05, 0.1) is 0 Å². The summed E-state index contributed by atoms with van der Waals surface area (Å²) in [4.78, 5) is 0. The normalized spacial score (nSPS) is 10.4. The molecule has 16 heavy (non-hydrogen) atoms. The smallest absolute Gasteiger partial charge is 0.0481 e. The Bertz CT molecular complexity index is 348. The van der Waals surface area contributed by atoms with E-state index in [0.29, 0.717) is 0 Å². The van der Waals surface area contributed by atoms with Crippen LogP contribution in [0.15, 0.2) is 49.6 Å². The van der Waals surface area contributed by atoms with Gasteiger partial charge in [0.1, 0.15) is 0 Å². The third kappa shape index (κ3) is 3.22. The van der Waals surface area contributed by atoms with Crippen LogP contribution < -0.4 is 18.1 Å². The average molecular weight is 237 g/mol. The van der Waals surface area contributed by atoms with Crippen molar-refractivity contribution in [1.29, 1.82) is 0 Å². The Balaban J connectivity index is 0.00000225. The zero-order chi connectivity index (χ0) is 11.3. The highest BCUT2D eigenvalue weighted by atomic mass is 35.5. The van der Waals surface area contributed by atoms with Gasteiger partial charge in [-0.2, -0.15) is 0 Å². The van der Waals surface area contributed by atoms with Crippen LogP contribution in [-0.4, -0.2) is 0 Å². The van der Waals surface area contributed by atoms with E-state index < -0.39 is 0 Å². The molecule has 0 aromatic heterocycles. The van der Waals surface area contributed by atoms with Crippen LogP contribution >= 0.6 is 0 Å². The number of aryl methyl sites for hydroxylation is 1. The Morgan fingerprint density at radius 3 is 2.12 bits per heavy atom. The number of rotatable bonds is 5. The Morgan fingerprint density at radius 1 is 1.19 bits per heavy atom. The van der Waals surface area contributed by atoms with E-state index in [1.807, 2.05) is 24.3 Å². The van der Waals surface area contributed by atoms with Gasteiger partial charge in [0.2, 0.25) is 0 Å². The van der Waals surface area contributed by atoms with Crippen LogP contribution in [0.1, 0.15) is 24.0 Å². The van der Waals surface area contributed by atoms with Gasteiger partial charge < -0.3 is 18.1 Å². The summed E-state index contributed by atoms with van der Waals surface area (Å²) in [5.74, 6) is 0. The maximum atomic E-state index is 6.40. The van der Waals surface area contributed by atoms with E-state index in [-0.39, 0.29) is 17.9 Å². The van der Waals surface area contributed by atoms with Crippen molar-refractivity contribution in [1.82, 2.24) is 0 Å². The third-order valence-electron chi connectivity index (χ3n) is 2.70. The van der Waals surface area contributed by atoms with Crippen molar-refractivity contribution < 1.29 is 12.4 Å². The van der Waals surface area contributed by atoms with Crippen LogP contribution in [0.4, 0.5) is 0 Å². The molecule has 0 saturated carbocycles. The lowest BCUT2D eigenvalue weighted by Crippen LogP contribution is -3.00. The van der Waals surface area contributed by atoms with Gasteiger partial charge in [0.15, 0.2) is 0 Å². The van der Waals surface area contributed by atoms with Crippen molar-refractivity contribution in [2.45, 2.75) is 25.3 Å². The lowest BCUT2D eigenvalue weighted by atomic mass is 9.82. The predicted octanol–water partition coefficient (Wildman–Crippen LogP) is 0.305. The fourth-order valence-corrected chi connectivity index (χ4v) is 1.95. The minimum absolute atomic E-state index is 0. The number of hydrogen-bond acceptors (Lipinski definition) is 1. The Morgan fingerprint density at radius 2 is 1.69 bits per heavy atom. The largest absolute Gasteiger partial charge is 1.00 e. The molecule has 2 N–H and O–H groups in total. The summed E-state index contributed by atoms with van der Waals surface area (Å²) in [6.45, 7) is 9.62. The summed E-state index contributed by atoms with van der Waals surface area (Å²) in [5.41, 5.74) is 8.46. The monoisotopic (exact) mass is 236 g/mol. The maximum Gasteiger partial charge on any atom is 0.0481 e. The summed E-state index contributed by atoms with van der Waals surface area (Å²) < 4.78 is 0. The zero-order valence-corrected chi connectivity index (χ0v) is 10.5. The van der Waals surface area contributed by atoms with Crippen LogP contribution in [0.2, 0.25) is 0 Å². The standard InChI is InChI=1S/C14H19N.ClH/c1-4-10-14(15,11-5-2)13-9-7-6-8-12(13)3;/h4-9H,1-2,10-11,15H2,3H3;1H/p-1. The van der Waals surface area contributed by atoms with E-state index in [9.17, 15) is 0 Å². The summed E-state index contributed by atoms with van der Waals surface area (Å²) in [7, 11) is 0. The topological polar surface area (TPSA) is 26.0 Å². The molecule has 0 atom stereocenters. The predicted molar refractivity (Wildman–Crippen MR) is 66.7 cm³/mol. The lowest BCUT2D eigenvalue weighted by molar-refractivity contribution is -0.00000354. The van der Waals surface area contributed by atoms with Gasteiger partial charge in [-0.25, -0.2) is 0 Å². The van der Waals surface area contributed by atoms with Gasteiger partial charge in [-0.05, 0) is 30.9 Å². The van der Waals surface area contributed by atoms with Gasteiger partial charge in [-0.1, -0.05) is 36.4 Å². The van der Waals surface area contributed by atoms with E-state index in [1.165, 1.54) is 11.1 Å². The molecule has 0 aliphatic heterocycles. The quantitative estimate of drug-likeness (QED) is 0.732. The Labute approximate surface area is 104 Å². The number of benzene rings is 1. The molecule has 2 heteroatoms. The molecule has 0 bridgehead atoms. The summed E-state index contributed by atoms with van der Waals surface area (Å²) in [5, 5.41) is 0. The van der Waals surface area contributed by atoms with Crippen LogP contribution in [0.25, 0.3) is 0 Å². The first kappa shape index (κ1) is 14.9. The van der Waals surface area contributed by atoms with Gasteiger partial charge in [-0.3, -0.25) is 0 Å². The average Bonchev–Trinajstić information content (AvgIpc) is 2.19. The minimum atomic E-state index is -0.352.